The average molecular weight is 299 g/mol. The van der Waals surface area contributed by atoms with Crippen molar-refractivity contribution in [2.75, 3.05) is 0 Å². The van der Waals surface area contributed by atoms with Crippen molar-refractivity contribution < 1.29 is 13.5 Å². The highest BCUT2D eigenvalue weighted by Crippen LogP contribution is 2.29. The average Bonchev–Trinajstić information content (AvgIpc) is 2.26. The van der Waals surface area contributed by atoms with Crippen molar-refractivity contribution in [3.05, 3.63) is 58.1 Å². The zero-order valence-corrected chi connectivity index (χ0v) is 10.6. The lowest BCUT2D eigenvalue weighted by atomic mass is 10.2. The van der Waals surface area contributed by atoms with Gasteiger partial charge in [-0.2, -0.15) is 0 Å². The van der Waals surface area contributed by atoms with Gasteiger partial charge in [-0.05, 0) is 48.9 Å². The van der Waals surface area contributed by atoms with Gasteiger partial charge in [-0.15, -0.1) is 0 Å². The molecular formula is C13H9BrF2O. The van der Waals surface area contributed by atoms with E-state index in [1.807, 2.05) is 0 Å². The molecule has 2 aromatic carbocycles. The first-order valence-electron chi connectivity index (χ1n) is 4.95. The molecule has 0 aliphatic heterocycles. The van der Waals surface area contributed by atoms with Gasteiger partial charge in [0.2, 0.25) is 0 Å². The molecule has 0 saturated carbocycles. The molecule has 88 valence electrons. The van der Waals surface area contributed by atoms with Crippen LogP contribution in [0.5, 0.6) is 11.5 Å². The highest BCUT2D eigenvalue weighted by molar-refractivity contribution is 9.10. The lowest BCUT2D eigenvalue weighted by Gasteiger charge is -2.08. The summed E-state index contributed by atoms with van der Waals surface area (Å²) in [6.45, 7) is 1.62. The van der Waals surface area contributed by atoms with Crippen molar-refractivity contribution in [1.29, 1.82) is 0 Å². The van der Waals surface area contributed by atoms with Crippen molar-refractivity contribution in [2.24, 2.45) is 0 Å². The Balaban J connectivity index is 2.33. The van der Waals surface area contributed by atoms with Crippen LogP contribution in [0.1, 0.15) is 5.56 Å². The van der Waals surface area contributed by atoms with Crippen molar-refractivity contribution in [3.63, 3.8) is 0 Å². The van der Waals surface area contributed by atoms with Crippen LogP contribution in [0.4, 0.5) is 8.78 Å². The Morgan fingerprint density at radius 1 is 1.00 bits per heavy atom. The van der Waals surface area contributed by atoms with Crippen LogP contribution < -0.4 is 4.74 Å². The summed E-state index contributed by atoms with van der Waals surface area (Å²) < 4.78 is 33.1. The minimum absolute atomic E-state index is 0.377. The van der Waals surface area contributed by atoms with Crippen molar-refractivity contribution in [1.82, 2.24) is 0 Å². The highest BCUT2D eigenvalue weighted by atomic mass is 79.9. The largest absolute Gasteiger partial charge is 0.451 e. The van der Waals surface area contributed by atoms with E-state index in [2.05, 4.69) is 15.9 Å². The van der Waals surface area contributed by atoms with Gasteiger partial charge in [0, 0.05) is 4.47 Å². The van der Waals surface area contributed by atoms with E-state index in [4.69, 9.17) is 4.74 Å². The van der Waals surface area contributed by atoms with Crippen molar-refractivity contribution in [3.8, 4) is 11.5 Å². The molecule has 1 nitrogen and oxygen atoms in total. The standard InChI is InChI=1S/C13H9BrF2O/c1-8-6-11(15)13(12(16)7-8)17-10-4-2-9(14)3-5-10/h2-7H,1H3. The zero-order chi connectivity index (χ0) is 12.4. The normalized spacial score (nSPS) is 10.4. The molecule has 4 heteroatoms. The third-order valence-electron chi connectivity index (χ3n) is 2.18. The molecule has 2 rings (SSSR count). The van der Waals surface area contributed by atoms with Crippen LogP contribution in [0.3, 0.4) is 0 Å². The molecule has 0 fully saturated rings. The predicted molar refractivity (Wildman–Crippen MR) is 65.3 cm³/mol. The Labute approximate surface area is 106 Å². The van der Waals surface area contributed by atoms with E-state index in [-0.39, 0.29) is 5.75 Å². The Bertz CT molecular complexity index is 515. The monoisotopic (exact) mass is 298 g/mol. The molecule has 0 aliphatic carbocycles. The van der Waals surface area contributed by atoms with E-state index in [0.717, 1.165) is 4.47 Å². The lowest BCUT2D eigenvalue weighted by molar-refractivity contribution is 0.407. The van der Waals surface area contributed by atoms with Gasteiger partial charge >= 0.3 is 0 Å². The predicted octanol–water partition coefficient (Wildman–Crippen LogP) is 4.83. The highest BCUT2D eigenvalue weighted by Gasteiger charge is 2.12. The summed E-state index contributed by atoms with van der Waals surface area (Å²) in [5.74, 6) is -1.40. The van der Waals surface area contributed by atoms with Crippen LogP contribution in [-0.2, 0) is 0 Å². The molecule has 0 heterocycles. The molecule has 0 aliphatic rings. The number of ether oxygens (including phenoxy) is 1. The fourth-order valence-electron chi connectivity index (χ4n) is 1.40. The summed E-state index contributed by atoms with van der Waals surface area (Å²) in [4.78, 5) is 0. The van der Waals surface area contributed by atoms with Crippen LogP contribution in [-0.4, -0.2) is 0 Å². The summed E-state index contributed by atoms with van der Waals surface area (Å²) in [6, 6.07) is 9.19. The summed E-state index contributed by atoms with van der Waals surface area (Å²) in [5, 5.41) is 0. The second-order valence-electron chi connectivity index (χ2n) is 3.61. The number of aryl methyl sites for hydroxylation is 1. The number of halogens is 3. The summed E-state index contributed by atoms with van der Waals surface area (Å²) >= 11 is 3.27. The van der Waals surface area contributed by atoms with Crippen LogP contribution in [0.25, 0.3) is 0 Å². The van der Waals surface area contributed by atoms with E-state index in [0.29, 0.717) is 11.3 Å². The maximum absolute atomic E-state index is 13.5. The first kappa shape index (κ1) is 12.0. The minimum Gasteiger partial charge on any atom is -0.451 e. The van der Waals surface area contributed by atoms with Crippen molar-refractivity contribution >= 4 is 15.9 Å². The number of hydrogen-bond acceptors (Lipinski definition) is 1. The van der Waals surface area contributed by atoms with Crippen molar-refractivity contribution in [2.45, 2.75) is 6.92 Å². The van der Waals surface area contributed by atoms with E-state index in [1.165, 1.54) is 12.1 Å². The van der Waals surface area contributed by atoms with Gasteiger partial charge in [0.1, 0.15) is 5.75 Å². The maximum atomic E-state index is 13.5. The Morgan fingerprint density at radius 2 is 1.53 bits per heavy atom. The van der Waals surface area contributed by atoms with E-state index in [9.17, 15) is 8.78 Å². The first-order chi connectivity index (χ1) is 8.06. The molecule has 0 radical (unpaired) electrons. The first-order valence-corrected chi connectivity index (χ1v) is 5.74. The van der Waals surface area contributed by atoms with E-state index < -0.39 is 11.6 Å². The molecule has 17 heavy (non-hydrogen) atoms. The second-order valence-corrected chi connectivity index (χ2v) is 4.53. The lowest BCUT2D eigenvalue weighted by Crippen LogP contribution is -1.93. The fraction of sp³-hybridized carbons (Fsp3) is 0.0769. The van der Waals surface area contributed by atoms with Crippen LogP contribution in [0.2, 0.25) is 0 Å². The van der Waals surface area contributed by atoms with E-state index >= 15 is 0 Å². The molecule has 2 aromatic rings. The van der Waals surface area contributed by atoms with Gasteiger partial charge in [-0.25, -0.2) is 8.78 Å². The molecule has 0 atom stereocenters. The smallest absolute Gasteiger partial charge is 0.198 e. The van der Waals surface area contributed by atoms with Gasteiger partial charge in [0.15, 0.2) is 17.4 Å². The molecule has 0 bridgehead atoms. The van der Waals surface area contributed by atoms with E-state index in [1.54, 1.807) is 31.2 Å². The number of hydrogen-bond donors (Lipinski definition) is 0. The Morgan fingerprint density at radius 3 is 2.06 bits per heavy atom. The number of rotatable bonds is 2. The van der Waals surface area contributed by atoms with Gasteiger partial charge in [0.25, 0.3) is 0 Å². The third-order valence-corrected chi connectivity index (χ3v) is 2.70. The number of benzene rings is 2. The Hall–Kier alpha value is -1.42. The van der Waals surface area contributed by atoms with Gasteiger partial charge in [0.05, 0.1) is 0 Å². The Kier molecular flexibility index (Phi) is 3.43. The molecule has 0 aromatic heterocycles. The fourth-order valence-corrected chi connectivity index (χ4v) is 1.67. The third kappa shape index (κ3) is 2.82. The molecule has 0 unspecified atom stereocenters. The zero-order valence-electron chi connectivity index (χ0n) is 9.01. The quantitative estimate of drug-likeness (QED) is 0.772. The molecular weight excluding hydrogens is 290 g/mol. The maximum Gasteiger partial charge on any atom is 0.198 e. The second kappa shape index (κ2) is 4.84. The van der Waals surface area contributed by atoms with Gasteiger partial charge in [-0.3, -0.25) is 0 Å². The summed E-state index contributed by atoms with van der Waals surface area (Å²) in [6.07, 6.45) is 0. The topological polar surface area (TPSA) is 9.23 Å². The molecule has 0 amide bonds. The SMILES string of the molecule is Cc1cc(F)c(Oc2ccc(Br)cc2)c(F)c1. The summed E-state index contributed by atoms with van der Waals surface area (Å²) in [5.41, 5.74) is 0.517. The summed E-state index contributed by atoms with van der Waals surface area (Å²) in [7, 11) is 0. The van der Waals surface area contributed by atoms with Crippen LogP contribution >= 0.6 is 15.9 Å². The van der Waals surface area contributed by atoms with Gasteiger partial charge < -0.3 is 4.74 Å². The van der Waals surface area contributed by atoms with Gasteiger partial charge in [-0.1, -0.05) is 15.9 Å². The molecule has 0 spiro atoms. The molecule has 0 saturated heterocycles. The molecule has 0 N–H and O–H groups in total. The van der Waals surface area contributed by atoms with Crippen LogP contribution in [0, 0.1) is 18.6 Å². The van der Waals surface area contributed by atoms with Crippen LogP contribution in [0.15, 0.2) is 40.9 Å². The minimum atomic E-state index is -0.703.